The van der Waals surface area contributed by atoms with E-state index in [1.165, 1.54) is 13.3 Å². The van der Waals surface area contributed by atoms with Crippen LogP contribution in [0.3, 0.4) is 0 Å². The van der Waals surface area contributed by atoms with Crippen LogP contribution in [0.4, 0.5) is 11.4 Å². The molecule has 0 saturated carbocycles. The molecule has 1 unspecified atom stereocenters. The van der Waals surface area contributed by atoms with Crippen molar-refractivity contribution in [1.29, 1.82) is 0 Å². The maximum absolute atomic E-state index is 10.9. The number of likely N-dealkylation sites (N-methyl/N-ethyl adjacent to an activating group) is 1. The standard InChI is InChI=1S/C13H19N3O/c1-10(17)14-11-3-5-12(6-4-11)15-13-7-8-16(2)9-13/h3-6,13,15H,7-9H2,1-2H3,(H,14,17). The first-order chi connectivity index (χ1) is 8.13. The van der Waals surface area contributed by atoms with Crippen molar-refractivity contribution in [1.82, 2.24) is 4.90 Å². The van der Waals surface area contributed by atoms with Crippen LogP contribution in [0, 0.1) is 0 Å². The number of carbonyl (C=O) groups excluding carboxylic acids is 1. The van der Waals surface area contributed by atoms with Crippen molar-refractivity contribution in [2.24, 2.45) is 0 Å². The Balaban J connectivity index is 1.91. The molecule has 1 aromatic carbocycles. The van der Waals surface area contributed by atoms with Crippen LogP contribution in [0.5, 0.6) is 0 Å². The van der Waals surface area contributed by atoms with Gasteiger partial charge in [-0.25, -0.2) is 0 Å². The molecule has 2 rings (SSSR count). The number of benzene rings is 1. The van der Waals surface area contributed by atoms with Crippen LogP contribution in [0.2, 0.25) is 0 Å². The first-order valence-corrected chi connectivity index (χ1v) is 5.96. The first-order valence-electron chi connectivity index (χ1n) is 5.96. The minimum Gasteiger partial charge on any atom is -0.381 e. The van der Waals surface area contributed by atoms with Crippen molar-refractivity contribution >= 4 is 17.3 Å². The summed E-state index contributed by atoms with van der Waals surface area (Å²) < 4.78 is 0. The number of hydrogen-bond acceptors (Lipinski definition) is 3. The van der Waals surface area contributed by atoms with E-state index in [1.54, 1.807) is 0 Å². The number of anilines is 2. The molecule has 1 fully saturated rings. The molecule has 1 aliphatic rings. The third-order valence-corrected chi connectivity index (χ3v) is 2.97. The molecule has 2 N–H and O–H groups in total. The zero-order valence-corrected chi connectivity index (χ0v) is 10.4. The highest BCUT2D eigenvalue weighted by atomic mass is 16.1. The molecule has 0 aromatic heterocycles. The van der Waals surface area contributed by atoms with Gasteiger partial charge in [0.15, 0.2) is 0 Å². The van der Waals surface area contributed by atoms with Gasteiger partial charge in [0, 0.05) is 30.9 Å². The van der Waals surface area contributed by atoms with E-state index in [-0.39, 0.29) is 5.91 Å². The summed E-state index contributed by atoms with van der Waals surface area (Å²) in [5.41, 5.74) is 1.95. The summed E-state index contributed by atoms with van der Waals surface area (Å²) in [7, 11) is 2.14. The van der Waals surface area contributed by atoms with Gasteiger partial charge in [-0.15, -0.1) is 0 Å². The molecule has 4 nitrogen and oxygen atoms in total. The smallest absolute Gasteiger partial charge is 0.221 e. The van der Waals surface area contributed by atoms with Crippen LogP contribution >= 0.6 is 0 Å². The Hall–Kier alpha value is -1.55. The molecule has 0 radical (unpaired) electrons. The molecule has 1 saturated heterocycles. The number of nitrogens with one attached hydrogen (secondary N) is 2. The van der Waals surface area contributed by atoms with Gasteiger partial charge in [-0.05, 0) is 44.3 Å². The Labute approximate surface area is 102 Å². The highest BCUT2D eigenvalue weighted by molar-refractivity contribution is 5.88. The number of amides is 1. The molecule has 92 valence electrons. The van der Waals surface area contributed by atoms with Crippen molar-refractivity contribution in [3.8, 4) is 0 Å². The van der Waals surface area contributed by atoms with E-state index in [0.717, 1.165) is 24.5 Å². The lowest BCUT2D eigenvalue weighted by Gasteiger charge is -2.14. The fourth-order valence-electron chi connectivity index (χ4n) is 2.14. The Morgan fingerprint density at radius 2 is 1.94 bits per heavy atom. The quantitative estimate of drug-likeness (QED) is 0.836. The van der Waals surface area contributed by atoms with E-state index in [9.17, 15) is 4.79 Å². The predicted octanol–water partition coefficient (Wildman–Crippen LogP) is 1.76. The topological polar surface area (TPSA) is 44.4 Å². The van der Waals surface area contributed by atoms with Gasteiger partial charge in [-0.1, -0.05) is 0 Å². The number of rotatable bonds is 3. The summed E-state index contributed by atoms with van der Waals surface area (Å²) in [6.45, 7) is 3.76. The largest absolute Gasteiger partial charge is 0.381 e. The van der Waals surface area contributed by atoms with Gasteiger partial charge in [-0.3, -0.25) is 4.79 Å². The van der Waals surface area contributed by atoms with Gasteiger partial charge in [0.2, 0.25) is 5.91 Å². The van der Waals surface area contributed by atoms with Crippen molar-refractivity contribution in [2.45, 2.75) is 19.4 Å². The van der Waals surface area contributed by atoms with Gasteiger partial charge in [0.1, 0.15) is 0 Å². The van der Waals surface area contributed by atoms with Crippen LogP contribution in [0.1, 0.15) is 13.3 Å². The molecule has 1 aromatic rings. The average molecular weight is 233 g/mol. The van der Waals surface area contributed by atoms with Gasteiger partial charge >= 0.3 is 0 Å². The predicted molar refractivity (Wildman–Crippen MR) is 70.3 cm³/mol. The molecule has 0 aliphatic carbocycles. The molecule has 0 bridgehead atoms. The van der Waals surface area contributed by atoms with E-state index in [1.807, 2.05) is 24.3 Å². The molecule has 4 heteroatoms. The Morgan fingerprint density at radius 1 is 1.29 bits per heavy atom. The third-order valence-electron chi connectivity index (χ3n) is 2.97. The molecule has 0 spiro atoms. The lowest BCUT2D eigenvalue weighted by Crippen LogP contribution is -2.23. The SMILES string of the molecule is CC(=O)Nc1ccc(NC2CCN(C)C2)cc1. The zero-order chi connectivity index (χ0) is 12.3. The maximum atomic E-state index is 10.9. The maximum Gasteiger partial charge on any atom is 0.221 e. The lowest BCUT2D eigenvalue weighted by atomic mass is 10.2. The van der Waals surface area contributed by atoms with Crippen molar-refractivity contribution in [2.75, 3.05) is 30.8 Å². The van der Waals surface area contributed by atoms with Crippen LogP contribution in [0.25, 0.3) is 0 Å². The highest BCUT2D eigenvalue weighted by Crippen LogP contribution is 2.17. The Bertz CT molecular complexity index is 388. The van der Waals surface area contributed by atoms with Gasteiger partial charge < -0.3 is 15.5 Å². The van der Waals surface area contributed by atoms with Crippen molar-refractivity contribution < 1.29 is 4.79 Å². The van der Waals surface area contributed by atoms with Crippen LogP contribution < -0.4 is 10.6 Å². The van der Waals surface area contributed by atoms with E-state index in [0.29, 0.717) is 6.04 Å². The average Bonchev–Trinajstić information content (AvgIpc) is 2.66. The second-order valence-electron chi connectivity index (χ2n) is 4.65. The monoisotopic (exact) mass is 233 g/mol. The van der Waals surface area contributed by atoms with Gasteiger partial charge in [-0.2, -0.15) is 0 Å². The molecule has 17 heavy (non-hydrogen) atoms. The third kappa shape index (κ3) is 3.46. The zero-order valence-electron chi connectivity index (χ0n) is 10.4. The minimum absolute atomic E-state index is 0.0388. The number of likely N-dealkylation sites (tertiary alicyclic amines) is 1. The fraction of sp³-hybridized carbons (Fsp3) is 0.462. The van der Waals surface area contributed by atoms with E-state index in [2.05, 4.69) is 22.6 Å². The summed E-state index contributed by atoms with van der Waals surface area (Å²) in [5, 5.41) is 6.26. The molecule has 1 atom stereocenters. The fourth-order valence-corrected chi connectivity index (χ4v) is 2.14. The Morgan fingerprint density at radius 3 is 2.47 bits per heavy atom. The number of nitrogens with zero attached hydrogens (tertiary/aromatic N) is 1. The summed E-state index contributed by atoms with van der Waals surface area (Å²) in [6, 6.07) is 8.38. The molecule has 1 heterocycles. The summed E-state index contributed by atoms with van der Waals surface area (Å²) in [5.74, 6) is -0.0388. The van der Waals surface area contributed by atoms with Crippen molar-refractivity contribution in [3.05, 3.63) is 24.3 Å². The molecular weight excluding hydrogens is 214 g/mol. The first kappa shape index (κ1) is 11.9. The van der Waals surface area contributed by atoms with Gasteiger partial charge in [0.05, 0.1) is 0 Å². The number of carbonyl (C=O) groups is 1. The van der Waals surface area contributed by atoms with Crippen LogP contribution in [0.15, 0.2) is 24.3 Å². The van der Waals surface area contributed by atoms with Crippen LogP contribution in [-0.4, -0.2) is 37.0 Å². The molecule has 1 amide bonds. The Kier molecular flexibility index (Phi) is 3.64. The van der Waals surface area contributed by atoms with Crippen molar-refractivity contribution in [3.63, 3.8) is 0 Å². The summed E-state index contributed by atoms with van der Waals surface area (Å²) in [6.07, 6.45) is 1.18. The second-order valence-corrected chi connectivity index (χ2v) is 4.65. The number of hydrogen-bond donors (Lipinski definition) is 2. The highest BCUT2D eigenvalue weighted by Gasteiger charge is 2.18. The molecular formula is C13H19N3O. The van der Waals surface area contributed by atoms with Crippen LogP contribution in [-0.2, 0) is 4.79 Å². The lowest BCUT2D eigenvalue weighted by molar-refractivity contribution is -0.114. The summed E-state index contributed by atoms with van der Waals surface area (Å²) >= 11 is 0. The van der Waals surface area contributed by atoms with E-state index < -0.39 is 0 Å². The second kappa shape index (κ2) is 5.19. The van der Waals surface area contributed by atoms with E-state index >= 15 is 0 Å². The van der Waals surface area contributed by atoms with Gasteiger partial charge in [0.25, 0.3) is 0 Å². The summed E-state index contributed by atoms with van der Waals surface area (Å²) in [4.78, 5) is 13.2. The normalized spacial score (nSPS) is 20.2. The minimum atomic E-state index is -0.0388. The molecule has 1 aliphatic heterocycles. The van der Waals surface area contributed by atoms with E-state index in [4.69, 9.17) is 0 Å².